The van der Waals surface area contributed by atoms with E-state index in [1.807, 2.05) is 0 Å². The molecule has 0 radical (unpaired) electrons. The predicted molar refractivity (Wildman–Crippen MR) is 238 cm³/mol. The summed E-state index contributed by atoms with van der Waals surface area (Å²) in [6.07, 6.45) is 43.8. The number of rotatable bonds is 39. The molecule has 1 aliphatic rings. The average molecular weight is 819 g/mol. The van der Waals surface area contributed by atoms with Gasteiger partial charge in [-0.25, -0.2) is 0 Å². The van der Waals surface area contributed by atoms with Gasteiger partial charge in [-0.3, -0.25) is 4.79 Å². The van der Waals surface area contributed by atoms with Crippen LogP contribution in [0.3, 0.4) is 0 Å². The van der Waals surface area contributed by atoms with Crippen molar-refractivity contribution in [3.8, 4) is 0 Å². The van der Waals surface area contributed by atoms with Crippen molar-refractivity contribution in [3.05, 3.63) is 60.8 Å². The highest BCUT2D eigenvalue weighted by molar-refractivity contribution is 5.69. The molecule has 0 bridgehead atoms. The molecule has 0 aromatic rings. The van der Waals surface area contributed by atoms with E-state index in [1.165, 1.54) is 89.9 Å². The fraction of sp³-hybridized carbons (Fsp3) is 0.776. The van der Waals surface area contributed by atoms with Crippen LogP contribution in [-0.4, -0.2) is 89.6 Å². The molecule has 6 unspecified atom stereocenters. The molecule has 4 N–H and O–H groups in total. The lowest BCUT2D eigenvalue weighted by Crippen LogP contribution is -2.59. The highest BCUT2D eigenvalue weighted by Crippen LogP contribution is 2.22. The lowest BCUT2D eigenvalue weighted by molar-refractivity contribution is -0.305. The topological polar surface area (TPSA) is 135 Å². The normalized spacial score (nSPS) is 20.8. The third kappa shape index (κ3) is 30.9. The van der Waals surface area contributed by atoms with Crippen molar-refractivity contribution < 1.29 is 44.2 Å². The Morgan fingerprint density at radius 2 is 1.05 bits per heavy atom. The molecule has 336 valence electrons. The van der Waals surface area contributed by atoms with Crippen molar-refractivity contribution in [1.82, 2.24) is 0 Å². The second-order valence-corrected chi connectivity index (χ2v) is 15.8. The molecule has 1 heterocycles. The smallest absolute Gasteiger partial charge is 0.306 e. The number of allylic oxidation sites excluding steroid dienone is 10. The molecule has 1 fully saturated rings. The molecule has 0 aromatic carbocycles. The van der Waals surface area contributed by atoms with E-state index in [9.17, 15) is 25.2 Å². The molecular formula is C49H86O9. The standard InChI is InChI=1S/C49H86O9/c1-3-5-7-9-11-13-15-17-19-21-23-25-27-29-31-33-35-37-39-55-41-43(42-56-49-48(54)47(53)46(52)44(40-50)58-49)57-45(51)38-36-34-32-30-28-26-24-22-20-18-16-14-12-10-8-6-4-2/h6,8,11-14,17-20,43-44,46-50,52-54H,3-5,7,9-10,15-16,21-42H2,1-2H3/b8-6-,13-11-,14-12-,19-17-,20-18-. The van der Waals surface area contributed by atoms with E-state index >= 15 is 0 Å². The Morgan fingerprint density at radius 1 is 0.569 bits per heavy atom. The summed E-state index contributed by atoms with van der Waals surface area (Å²) in [4.78, 5) is 12.8. The van der Waals surface area contributed by atoms with Gasteiger partial charge in [0.1, 0.15) is 30.5 Å². The minimum absolute atomic E-state index is 0.122. The van der Waals surface area contributed by atoms with Crippen LogP contribution in [0, 0.1) is 0 Å². The van der Waals surface area contributed by atoms with Gasteiger partial charge in [-0.1, -0.05) is 158 Å². The lowest BCUT2D eigenvalue weighted by Gasteiger charge is -2.39. The first-order valence-corrected chi connectivity index (χ1v) is 23.4. The quantitative estimate of drug-likeness (QED) is 0.0272. The van der Waals surface area contributed by atoms with Crippen molar-refractivity contribution in [3.63, 3.8) is 0 Å². The van der Waals surface area contributed by atoms with Crippen molar-refractivity contribution in [2.24, 2.45) is 0 Å². The van der Waals surface area contributed by atoms with Crippen molar-refractivity contribution in [2.45, 2.75) is 218 Å². The molecule has 9 nitrogen and oxygen atoms in total. The summed E-state index contributed by atoms with van der Waals surface area (Å²) in [5, 5.41) is 40.2. The van der Waals surface area contributed by atoms with E-state index in [0.29, 0.717) is 13.0 Å². The molecule has 0 aliphatic carbocycles. The number of ether oxygens (including phenoxy) is 4. The van der Waals surface area contributed by atoms with Gasteiger partial charge in [-0.2, -0.15) is 0 Å². The number of carbonyl (C=O) groups is 1. The molecule has 0 spiro atoms. The fourth-order valence-electron chi connectivity index (χ4n) is 6.77. The zero-order chi connectivity index (χ0) is 42.2. The molecule has 6 atom stereocenters. The summed E-state index contributed by atoms with van der Waals surface area (Å²) in [5.41, 5.74) is 0. The lowest BCUT2D eigenvalue weighted by atomic mass is 9.99. The third-order valence-corrected chi connectivity index (χ3v) is 10.4. The Labute approximate surface area is 354 Å². The molecule has 1 saturated heterocycles. The molecule has 1 aliphatic heterocycles. The maximum Gasteiger partial charge on any atom is 0.306 e. The van der Waals surface area contributed by atoms with Crippen LogP contribution in [-0.2, 0) is 23.7 Å². The Balaban J connectivity index is 2.26. The zero-order valence-electron chi connectivity index (χ0n) is 36.8. The van der Waals surface area contributed by atoms with Gasteiger partial charge in [0.2, 0.25) is 0 Å². The maximum atomic E-state index is 12.8. The van der Waals surface area contributed by atoms with Gasteiger partial charge in [0.05, 0.1) is 19.8 Å². The van der Waals surface area contributed by atoms with E-state index in [-0.39, 0.29) is 19.2 Å². The van der Waals surface area contributed by atoms with Crippen LogP contribution in [0.1, 0.15) is 181 Å². The SMILES string of the molecule is CC/C=C\C/C=C\C/C=C\CCCCCCCCCC(=O)OC(COCCCCCCCCCC/C=C\C/C=C\CCCCC)COC1OC(CO)C(O)C(O)C1O. The largest absolute Gasteiger partial charge is 0.457 e. The Kier molecular flexibility index (Phi) is 37.5. The van der Waals surface area contributed by atoms with Crippen molar-refractivity contribution in [1.29, 1.82) is 0 Å². The first kappa shape index (κ1) is 53.9. The van der Waals surface area contributed by atoms with Gasteiger partial charge in [0, 0.05) is 13.0 Å². The first-order valence-electron chi connectivity index (χ1n) is 23.4. The van der Waals surface area contributed by atoms with Crippen molar-refractivity contribution in [2.75, 3.05) is 26.4 Å². The van der Waals surface area contributed by atoms with E-state index < -0.39 is 43.4 Å². The van der Waals surface area contributed by atoms with Gasteiger partial charge in [0.15, 0.2) is 6.29 Å². The van der Waals surface area contributed by atoms with Gasteiger partial charge < -0.3 is 39.4 Å². The molecule has 0 aromatic heterocycles. The highest BCUT2D eigenvalue weighted by Gasteiger charge is 2.44. The van der Waals surface area contributed by atoms with Crippen LogP contribution in [0.25, 0.3) is 0 Å². The molecular weight excluding hydrogens is 733 g/mol. The number of aliphatic hydroxyl groups excluding tert-OH is 4. The van der Waals surface area contributed by atoms with Gasteiger partial charge in [0.25, 0.3) is 0 Å². The van der Waals surface area contributed by atoms with Crippen LogP contribution < -0.4 is 0 Å². The second-order valence-electron chi connectivity index (χ2n) is 15.8. The van der Waals surface area contributed by atoms with Crippen LogP contribution in [0.4, 0.5) is 0 Å². The molecule has 0 saturated carbocycles. The monoisotopic (exact) mass is 819 g/mol. The summed E-state index contributed by atoms with van der Waals surface area (Å²) in [7, 11) is 0. The number of carbonyl (C=O) groups excluding carboxylic acids is 1. The predicted octanol–water partition coefficient (Wildman–Crippen LogP) is 10.7. The van der Waals surface area contributed by atoms with E-state index in [0.717, 1.165) is 70.6 Å². The number of aliphatic hydroxyl groups is 4. The maximum absolute atomic E-state index is 12.8. The Morgan fingerprint density at radius 3 is 1.59 bits per heavy atom. The molecule has 0 amide bonds. The van der Waals surface area contributed by atoms with Crippen LogP contribution in [0.2, 0.25) is 0 Å². The van der Waals surface area contributed by atoms with Gasteiger partial charge in [-0.05, 0) is 77.0 Å². The van der Waals surface area contributed by atoms with E-state index in [4.69, 9.17) is 18.9 Å². The number of hydrogen-bond acceptors (Lipinski definition) is 9. The van der Waals surface area contributed by atoms with Gasteiger partial charge in [-0.15, -0.1) is 0 Å². The van der Waals surface area contributed by atoms with Crippen molar-refractivity contribution >= 4 is 5.97 Å². The van der Waals surface area contributed by atoms with Crippen LogP contribution in [0.5, 0.6) is 0 Å². The van der Waals surface area contributed by atoms with Gasteiger partial charge >= 0.3 is 5.97 Å². The zero-order valence-corrected chi connectivity index (χ0v) is 36.8. The summed E-state index contributed by atoms with van der Waals surface area (Å²) in [6.45, 7) is 4.40. The highest BCUT2D eigenvalue weighted by atomic mass is 16.7. The summed E-state index contributed by atoms with van der Waals surface area (Å²) in [5.74, 6) is -0.327. The van der Waals surface area contributed by atoms with E-state index in [1.54, 1.807) is 0 Å². The number of unbranched alkanes of at least 4 members (excludes halogenated alkanes) is 18. The second kappa shape index (κ2) is 40.3. The van der Waals surface area contributed by atoms with Crippen LogP contribution >= 0.6 is 0 Å². The van der Waals surface area contributed by atoms with E-state index in [2.05, 4.69) is 74.6 Å². The summed E-state index contributed by atoms with van der Waals surface area (Å²) >= 11 is 0. The minimum Gasteiger partial charge on any atom is -0.457 e. The average Bonchev–Trinajstić information content (AvgIpc) is 3.22. The third-order valence-electron chi connectivity index (χ3n) is 10.4. The molecule has 9 heteroatoms. The minimum atomic E-state index is -1.54. The summed E-state index contributed by atoms with van der Waals surface area (Å²) in [6, 6.07) is 0. The molecule has 1 rings (SSSR count). The van der Waals surface area contributed by atoms with Crippen LogP contribution in [0.15, 0.2) is 60.8 Å². The summed E-state index contributed by atoms with van der Waals surface area (Å²) < 4.78 is 22.8. The number of esters is 1. The number of hydrogen-bond donors (Lipinski definition) is 4. The fourth-order valence-corrected chi connectivity index (χ4v) is 6.77. The first-order chi connectivity index (χ1) is 28.4. The molecule has 58 heavy (non-hydrogen) atoms. The Hall–Kier alpha value is -2.11. The Bertz CT molecular complexity index is 1070.